The molecule has 9 nitrogen and oxygen atoms in total. The first-order valence-electron chi connectivity index (χ1n) is 14.3. The van der Waals surface area contributed by atoms with Gasteiger partial charge in [-0.1, -0.05) is 48.5 Å². The summed E-state index contributed by atoms with van der Waals surface area (Å²) in [5.41, 5.74) is 1.51. The SMILES string of the molecule is CC(C)NC(=O)[C@@H](Cc1ccccc1)N(Cc1ccccc1F)C(=O)CCCN(c1ccc2c(c1)OCCO2)S(C)(=O)=O. The summed E-state index contributed by atoms with van der Waals surface area (Å²) in [5.74, 6) is -0.239. The summed E-state index contributed by atoms with van der Waals surface area (Å²) < 4.78 is 52.7. The van der Waals surface area contributed by atoms with E-state index in [4.69, 9.17) is 9.47 Å². The molecule has 0 saturated carbocycles. The summed E-state index contributed by atoms with van der Waals surface area (Å²) in [6, 6.07) is 19.3. The number of benzene rings is 3. The van der Waals surface area contributed by atoms with Crippen LogP contribution < -0.4 is 19.1 Å². The first kappa shape index (κ1) is 31.8. The van der Waals surface area contributed by atoms with Crippen LogP contribution in [-0.2, 0) is 32.6 Å². The summed E-state index contributed by atoms with van der Waals surface area (Å²) in [5, 5.41) is 2.90. The molecule has 0 aromatic heterocycles. The minimum Gasteiger partial charge on any atom is -0.486 e. The predicted molar refractivity (Wildman–Crippen MR) is 163 cm³/mol. The molecular weight excluding hydrogens is 573 g/mol. The fourth-order valence-corrected chi connectivity index (χ4v) is 5.89. The Balaban J connectivity index is 1.58. The highest BCUT2D eigenvalue weighted by atomic mass is 32.2. The van der Waals surface area contributed by atoms with Crippen molar-refractivity contribution in [2.24, 2.45) is 0 Å². The molecule has 1 N–H and O–H groups in total. The minimum absolute atomic E-state index is 0.0132. The molecule has 0 aliphatic carbocycles. The summed E-state index contributed by atoms with van der Waals surface area (Å²) in [4.78, 5) is 28.7. The number of nitrogens with zero attached hydrogens (tertiary/aromatic N) is 2. The quantitative estimate of drug-likeness (QED) is 0.309. The second-order valence-corrected chi connectivity index (χ2v) is 12.7. The molecule has 4 rings (SSSR count). The van der Waals surface area contributed by atoms with Gasteiger partial charge < -0.3 is 19.7 Å². The summed E-state index contributed by atoms with van der Waals surface area (Å²) >= 11 is 0. The number of ether oxygens (including phenoxy) is 2. The van der Waals surface area contributed by atoms with Crippen molar-refractivity contribution < 1.29 is 31.9 Å². The highest BCUT2D eigenvalue weighted by molar-refractivity contribution is 7.92. The third-order valence-corrected chi connectivity index (χ3v) is 8.16. The molecule has 0 radical (unpaired) electrons. The number of amides is 2. The van der Waals surface area contributed by atoms with Gasteiger partial charge in [-0.05, 0) is 44.0 Å². The Labute approximate surface area is 252 Å². The normalized spacial score (nSPS) is 13.3. The molecule has 11 heteroatoms. The van der Waals surface area contributed by atoms with Crippen molar-refractivity contribution in [1.82, 2.24) is 10.2 Å². The predicted octanol–water partition coefficient (Wildman–Crippen LogP) is 4.31. The number of hydrogen-bond acceptors (Lipinski definition) is 6. The first-order valence-corrected chi connectivity index (χ1v) is 16.1. The number of halogens is 1. The molecule has 1 atom stereocenters. The van der Waals surface area contributed by atoms with Gasteiger partial charge in [-0.3, -0.25) is 13.9 Å². The van der Waals surface area contributed by atoms with E-state index in [-0.39, 0.29) is 49.9 Å². The fraction of sp³-hybridized carbons (Fsp3) is 0.375. The fourth-order valence-electron chi connectivity index (χ4n) is 4.94. The number of rotatable bonds is 13. The molecule has 0 unspecified atom stereocenters. The number of nitrogens with one attached hydrogen (secondary N) is 1. The van der Waals surface area contributed by atoms with Crippen molar-refractivity contribution in [3.63, 3.8) is 0 Å². The lowest BCUT2D eigenvalue weighted by Crippen LogP contribution is -2.52. The number of carbonyl (C=O) groups excluding carboxylic acids is 2. The van der Waals surface area contributed by atoms with E-state index in [1.165, 1.54) is 15.3 Å². The van der Waals surface area contributed by atoms with Crippen molar-refractivity contribution >= 4 is 27.5 Å². The second-order valence-electron chi connectivity index (χ2n) is 10.7. The molecule has 3 aromatic carbocycles. The average Bonchev–Trinajstić information content (AvgIpc) is 2.97. The van der Waals surface area contributed by atoms with E-state index >= 15 is 0 Å². The van der Waals surface area contributed by atoms with Crippen LogP contribution in [0.3, 0.4) is 0 Å². The minimum atomic E-state index is -3.70. The lowest BCUT2D eigenvalue weighted by atomic mass is 10.0. The molecule has 0 spiro atoms. The third-order valence-electron chi connectivity index (χ3n) is 6.97. The van der Waals surface area contributed by atoms with Crippen molar-refractivity contribution in [2.45, 2.75) is 51.7 Å². The number of anilines is 1. The van der Waals surface area contributed by atoms with Crippen molar-refractivity contribution in [3.8, 4) is 11.5 Å². The summed E-state index contributed by atoms with van der Waals surface area (Å²) in [6.07, 6.45) is 1.43. The molecule has 0 saturated heterocycles. The lowest BCUT2D eigenvalue weighted by Gasteiger charge is -2.32. The molecule has 43 heavy (non-hydrogen) atoms. The Bertz CT molecular complexity index is 1520. The summed E-state index contributed by atoms with van der Waals surface area (Å²) in [7, 11) is -3.70. The van der Waals surface area contributed by atoms with Crippen LogP contribution in [0, 0.1) is 5.82 Å². The van der Waals surface area contributed by atoms with E-state index in [0.29, 0.717) is 30.4 Å². The first-order chi connectivity index (χ1) is 20.5. The molecule has 1 aliphatic heterocycles. The maximum Gasteiger partial charge on any atom is 0.243 e. The van der Waals surface area contributed by atoms with Crippen LogP contribution in [0.5, 0.6) is 11.5 Å². The van der Waals surface area contributed by atoms with E-state index in [1.807, 2.05) is 44.2 Å². The number of hydrogen-bond donors (Lipinski definition) is 1. The van der Waals surface area contributed by atoms with Crippen LogP contribution in [0.1, 0.15) is 37.8 Å². The zero-order chi connectivity index (χ0) is 31.0. The molecule has 1 heterocycles. The number of fused-ring (bicyclic) bond motifs is 1. The van der Waals surface area contributed by atoms with Crippen LogP contribution in [0.15, 0.2) is 72.8 Å². The molecule has 0 bridgehead atoms. The van der Waals surface area contributed by atoms with Crippen LogP contribution in [0.2, 0.25) is 0 Å². The monoisotopic (exact) mass is 611 g/mol. The summed E-state index contributed by atoms with van der Waals surface area (Å²) in [6.45, 7) is 4.33. The Hall–Kier alpha value is -4.12. The van der Waals surface area contributed by atoms with E-state index in [1.54, 1.807) is 36.4 Å². The van der Waals surface area contributed by atoms with Crippen molar-refractivity contribution in [3.05, 3.63) is 89.7 Å². The highest BCUT2D eigenvalue weighted by Gasteiger charge is 2.31. The molecule has 3 aromatic rings. The lowest BCUT2D eigenvalue weighted by molar-refractivity contribution is -0.141. The number of sulfonamides is 1. The Kier molecular flexibility index (Phi) is 10.6. The number of carbonyl (C=O) groups is 2. The van der Waals surface area contributed by atoms with E-state index in [0.717, 1.165) is 11.8 Å². The maximum atomic E-state index is 14.8. The topological polar surface area (TPSA) is 105 Å². The van der Waals surface area contributed by atoms with Gasteiger partial charge in [0.15, 0.2) is 11.5 Å². The van der Waals surface area contributed by atoms with Crippen LogP contribution >= 0.6 is 0 Å². The van der Waals surface area contributed by atoms with Crippen LogP contribution in [0.25, 0.3) is 0 Å². The highest BCUT2D eigenvalue weighted by Crippen LogP contribution is 2.35. The van der Waals surface area contributed by atoms with Gasteiger partial charge in [0.2, 0.25) is 21.8 Å². The third kappa shape index (κ3) is 8.70. The molecular formula is C32H38FN3O6S. The Morgan fingerprint density at radius 2 is 1.63 bits per heavy atom. The molecule has 230 valence electrons. The maximum absolute atomic E-state index is 14.8. The van der Waals surface area contributed by atoms with E-state index in [9.17, 15) is 22.4 Å². The zero-order valence-electron chi connectivity index (χ0n) is 24.7. The van der Waals surface area contributed by atoms with Crippen molar-refractivity contribution in [2.75, 3.05) is 30.3 Å². The van der Waals surface area contributed by atoms with E-state index in [2.05, 4.69) is 5.32 Å². The largest absolute Gasteiger partial charge is 0.486 e. The van der Waals surface area contributed by atoms with Gasteiger partial charge in [0.1, 0.15) is 25.1 Å². The van der Waals surface area contributed by atoms with Gasteiger partial charge in [-0.2, -0.15) is 0 Å². The van der Waals surface area contributed by atoms with Gasteiger partial charge in [-0.15, -0.1) is 0 Å². The van der Waals surface area contributed by atoms with Crippen LogP contribution in [0.4, 0.5) is 10.1 Å². The standard InChI is InChI=1S/C32H38FN3O6S/c1-23(2)34-32(38)28(20-24-10-5-4-6-11-24)35(22-25-12-7-8-13-27(25)33)31(37)14-9-17-36(43(3,39)40)26-15-16-29-30(21-26)42-19-18-41-29/h4-8,10-13,15-16,21,23,28H,9,14,17-20,22H2,1-3H3,(H,34,38)/t28-/m1/s1. The van der Waals surface area contributed by atoms with E-state index < -0.39 is 27.8 Å². The van der Waals surface area contributed by atoms with Gasteiger partial charge in [0.05, 0.1) is 11.9 Å². The van der Waals surface area contributed by atoms with Gasteiger partial charge in [-0.25, -0.2) is 12.8 Å². The van der Waals surface area contributed by atoms with Crippen molar-refractivity contribution in [1.29, 1.82) is 0 Å². The Morgan fingerprint density at radius 3 is 2.30 bits per heavy atom. The van der Waals surface area contributed by atoms with Gasteiger partial charge in [0, 0.05) is 43.6 Å². The smallest absolute Gasteiger partial charge is 0.243 e. The van der Waals surface area contributed by atoms with Gasteiger partial charge >= 0.3 is 0 Å². The van der Waals surface area contributed by atoms with Gasteiger partial charge in [0.25, 0.3) is 0 Å². The van der Waals surface area contributed by atoms with Crippen LogP contribution in [-0.4, -0.2) is 63.2 Å². The molecule has 0 fully saturated rings. The molecule has 1 aliphatic rings. The molecule has 2 amide bonds. The second kappa shape index (κ2) is 14.4. The Morgan fingerprint density at radius 1 is 0.953 bits per heavy atom. The zero-order valence-corrected chi connectivity index (χ0v) is 25.5. The average molecular weight is 612 g/mol.